The van der Waals surface area contributed by atoms with Gasteiger partial charge in [-0.25, -0.2) is 4.98 Å². The van der Waals surface area contributed by atoms with E-state index < -0.39 is 0 Å². The summed E-state index contributed by atoms with van der Waals surface area (Å²) in [5, 5.41) is 12.6. The van der Waals surface area contributed by atoms with E-state index in [-0.39, 0.29) is 23.9 Å². The van der Waals surface area contributed by atoms with Crippen molar-refractivity contribution in [1.29, 1.82) is 5.26 Å². The average Bonchev–Trinajstić information content (AvgIpc) is 3.48. The highest BCUT2D eigenvalue weighted by Gasteiger charge is 2.45. The second kappa shape index (κ2) is 6.30. The Hall–Kier alpha value is -3.13. The number of amides is 1. The monoisotopic (exact) mass is 344 g/mol. The molecule has 2 aromatic rings. The number of pyridine rings is 1. The normalized spacial score (nSPS) is 23.9. The van der Waals surface area contributed by atoms with E-state index in [1.54, 1.807) is 13.0 Å². The largest absolute Gasteiger partial charge is 0.363 e. The van der Waals surface area contributed by atoms with Gasteiger partial charge in [0, 0.05) is 24.4 Å². The van der Waals surface area contributed by atoms with E-state index in [1.807, 2.05) is 35.2 Å². The molecule has 26 heavy (non-hydrogen) atoms. The summed E-state index contributed by atoms with van der Waals surface area (Å²) in [6.07, 6.45) is 4.30. The summed E-state index contributed by atoms with van der Waals surface area (Å²) in [6.45, 7) is 3.80. The van der Waals surface area contributed by atoms with Crippen molar-refractivity contribution in [2.45, 2.75) is 25.9 Å². The van der Waals surface area contributed by atoms with Crippen LogP contribution in [0.25, 0.3) is 0 Å². The van der Waals surface area contributed by atoms with Crippen LogP contribution in [0.15, 0.2) is 54.6 Å². The number of nitrogens with one attached hydrogen (secondary N) is 1. The van der Waals surface area contributed by atoms with Crippen LogP contribution in [-0.2, 0) is 4.79 Å². The van der Waals surface area contributed by atoms with Crippen molar-refractivity contribution in [2.75, 3.05) is 10.2 Å². The summed E-state index contributed by atoms with van der Waals surface area (Å²) in [7, 11) is 0. The molecule has 3 atom stereocenters. The Bertz CT molecular complexity index is 924. The number of nitriles is 1. The number of hydrogen-bond donors (Lipinski definition) is 1. The number of hydrogen-bond acceptors (Lipinski definition) is 4. The number of carbonyl (C=O) groups is 1. The zero-order valence-corrected chi connectivity index (χ0v) is 14.8. The van der Waals surface area contributed by atoms with Crippen molar-refractivity contribution in [1.82, 2.24) is 4.98 Å². The molecule has 1 aliphatic carbocycles. The highest BCUT2D eigenvalue weighted by atomic mass is 16.2. The van der Waals surface area contributed by atoms with Crippen LogP contribution < -0.4 is 10.2 Å². The molecular weight excluding hydrogens is 324 g/mol. The molecule has 130 valence electrons. The summed E-state index contributed by atoms with van der Waals surface area (Å²) < 4.78 is 0. The molecule has 1 aromatic carbocycles. The minimum absolute atomic E-state index is 0.00985. The van der Waals surface area contributed by atoms with Gasteiger partial charge in [-0.3, -0.25) is 4.79 Å². The zero-order valence-electron chi connectivity index (χ0n) is 14.8. The molecule has 0 saturated heterocycles. The van der Waals surface area contributed by atoms with Gasteiger partial charge in [-0.1, -0.05) is 43.3 Å². The van der Waals surface area contributed by atoms with E-state index >= 15 is 0 Å². The number of rotatable bonds is 3. The van der Waals surface area contributed by atoms with Gasteiger partial charge in [-0.2, -0.15) is 5.26 Å². The lowest BCUT2D eigenvalue weighted by Gasteiger charge is -2.45. The van der Waals surface area contributed by atoms with Crippen molar-refractivity contribution >= 4 is 17.4 Å². The van der Waals surface area contributed by atoms with Gasteiger partial charge in [0.15, 0.2) is 0 Å². The topological polar surface area (TPSA) is 69.0 Å². The number of carbonyl (C=O) groups excluding carboxylic acids is 1. The van der Waals surface area contributed by atoms with Gasteiger partial charge in [0.1, 0.15) is 17.6 Å². The third kappa shape index (κ3) is 2.74. The molecule has 1 amide bonds. The van der Waals surface area contributed by atoms with Crippen LogP contribution in [0.5, 0.6) is 0 Å². The van der Waals surface area contributed by atoms with Crippen LogP contribution in [0.3, 0.4) is 0 Å². The predicted molar refractivity (Wildman–Crippen MR) is 100 cm³/mol. The first kappa shape index (κ1) is 16.3. The lowest BCUT2D eigenvalue weighted by molar-refractivity contribution is -0.117. The van der Waals surface area contributed by atoms with Crippen LogP contribution >= 0.6 is 0 Å². The summed E-state index contributed by atoms with van der Waals surface area (Å²) in [4.78, 5) is 18.7. The fourth-order valence-corrected chi connectivity index (χ4v) is 3.99. The maximum atomic E-state index is 12.4. The molecule has 0 saturated carbocycles. The molecule has 2 aliphatic rings. The first-order valence-corrected chi connectivity index (χ1v) is 8.81. The SMILES string of the molecule is CC(=O)N1c2ccccc2C(Nc2cccc(C#N)n2)[C@@H](C)C1C1C=C1. The Kier molecular flexibility index (Phi) is 3.96. The average molecular weight is 344 g/mol. The number of anilines is 2. The van der Waals surface area contributed by atoms with Gasteiger partial charge >= 0.3 is 0 Å². The van der Waals surface area contributed by atoms with Gasteiger partial charge in [0.05, 0.1) is 12.1 Å². The standard InChI is InChI=1S/C21H20N4O/c1-13-20(24-19-9-5-6-16(12-22)23-19)17-7-3-4-8-18(17)25(14(2)26)21(13)15-10-11-15/h3-11,13,15,20-21H,1-2H3,(H,23,24)/t13-,20?,21?/m1/s1. The van der Waals surface area contributed by atoms with E-state index in [2.05, 4.69) is 41.5 Å². The van der Waals surface area contributed by atoms with E-state index in [1.165, 1.54) is 0 Å². The van der Waals surface area contributed by atoms with E-state index in [9.17, 15) is 4.79 Å². The van der Waals surface area contributed by atoms with Crippen molar-refractivity contribution in [3.05, 3.63) is 65.9 Å². The molecule has 0 spiro atoms. The van der Waals surface area contributed by atoms with Crippen molar-refractivity contribution in [2.24, 2.45) is 11.8 Å². The molecule has 2 heterocycles. The van der Waals surface area contributed by atoms with E-state index in [0.29, 0.717) is 17.4 Å². The number of aromatic nitrogens is 1. The van der Waals surface area contributed by atoms with Gasteiger partial charge in [0.2, 0.25) is 5.91 Å². The predicted octanol–water partition coefficient (Wildman–Crippen LogP) is 3.66. The van der Waals surface area contributed by atoms with Gasteiger partial charge in [-0.05, 0) is 23.8 Å². The Balaban J connectivity index is 1.76. The molecule has 2 unspecified atom stereocenters. The van der Waals surface area contributed by atoms with Gasteiger partial charge in [-0.15, -0.1) is 0 Å². The van der Waals surface area contributed by atoms with E-state index in [4.69, 9.17) is 5.26 Å². The molecule has 0 fully saturated rings. The fraction of sp³-hybridized carbons (Fsp3) is 0.286. The van der Waals surface area contributed by atoms with Crippen molar-refractivity contribution in [3.8, 4) is 6.07 Å². The summed E-state index contributed by atoms with van der Waals surface area (Å²) in [5.74, 6) is 1.23. The number of nitrogens with zero attached hydrogens (tertiary/aromatic N) is 3. The third-order valence-electron chi connectivity index (χ3n) is 5.21. The van der Waals surface area contributed by atoms with E-state index in [0.717, 1.165) is 11.3 Å². The second-order valence-electron chi connectivity index (χ2n) is 6.90. The number of fused-ring (bicyclic) bond motifs is 1. The summed E-state index contributed by atoms with van der Waals surface area (Å²) in [6, 6.07) is 15.6. The molecule has 1 aromatic heterocycles. The zero-order chi connectivity index (χ0) is 18.3. The van der Waals surface area contributed by atoms with Crippen LogP contribution in [0, 0.1) is 23.2 Å². The summed E-state index contributed by atoms with van der Waals surface area (Å²) >= 11 is 0. The molecule has 0 bridgehead atoms. The molecule has 0 radical (unpaired) electrons. The summed E-state index contributed by atoms with van der Waals surface area (Å²) in [5.41, 5.74) is 2.42. The maximum absolute atomic E-state index is 12.4. The fourth-order valence-electron chi connectivity index (χ4n) is 3.99. The quantitative estimate of drug-likeness (QED) is 0.863. The van der Waals surface area contributed by atoms with Crippen molar-refractivity contribution < 1.29 is 4.79 Å². The van der Waals surface area contributed by atoms with Gasteiger partial charge in [0.25, 0.3) is 0 Å². The highest BCUT2D eigenvalue weighted by molar-refractivity contribution is 5.94. The molecule has 5 nitrogen and oxygen atoms in total. The highest BCUT2D eigenvalue weighted by Crippen LogP contribution is 2.46. The Morgan fingerprint density at radius 3 is 2.65 bits per heavy atom. The van der Waals surface area contributed by atoms with Crippen LogP contribution in [0.4, 0.5) is 11.5 Å². The third-order valence-corrected chi connectivity index (χ3v) is 5.21. The maximum Gasteiger partial charge on any atom is 0.224 e. The number of benzene rings is 1. The lowest BCUT2D eigenvalue weighted by Crippen LogP contribution is -2.51. The van der Waals surface area contributed by atoms with Crippen LogP contribution in [-0.4, -0.2) is 16.9 Å². The van der Waals surface area contributed by atoms with Crippen LogP contribution in [0.2, 0.25) is 0 Å². The first-order chi connectivity index (χ1) is 12.6. The van der Waals surface area contributed by atoms with Crippen LogP contribution in [0.1, 0.15) is 31.1 Å². The minimum Gasteiger partial charge on any atom is -0.363 e. The molecule has 4 rings (SSSR count). The van der Waals surface area contributed by atoms with Gasteiger partial charge < -0.3 is 10.2 Å². The molecule has 5 heteroatoms. The minimum atomic E-state index is 0.00985. The Labute approximate surface area is 153 Å². The second-order valence-corrected chi connectivity index (χ2v) is 6.90. The molecule has 1 N–H and O–H groups in total. The lowest BCUT2D eigenvalue weighted by atomic mass is 9.79. The first-order valence-electron chi connectivity index (χ1n) is 8.81. The molecular formula is C21H20N4O. The van der Waals surface area contributed by atoms with Crippen molar-refractivity contribution in [3.63, 3.8) is 0 Å². The smallest absolute Gasteiger partial charge is 0.224 e. The number of para-hydroxylation sites is 1. The Morgan fingerprint density at radius 1 is 1.19 bits per heavy atom. The Morgan fingerprint density at radius 2 is 1.96 bits per heavy atom. The molecule has 1 aliphatic heterocycles.